The lowest BCUT2D eigenvalue weighted by molar-refractivity contribution is -0.136. The first-order valence-electron chi connectivity index (χ1n) is 6.21. The third-order valence-electron chi connectivity index (χ3n) is 4.38. The van der Waals surface area contributed by atoms with Gasteiger partial charge in [-0.15, -0.1) is 0 Å². The second-order valence-corrected chi connectivity index (χ2v) is 6.44. The fourth-order valence-electron chi connectivity index (χ4n) is 3.57. The van der Waals surface area contributed by atoms with Crippen molar-refractivity contribution in [2.75, 3.05) is 24.6 Å². The Bertz CT molecular complexity index is 262. The van der Waals surface area contributed by atoms with Crippen molar-refractivity contribution in [3.63, 3.8) is 0 Å². The van der Waals surface area contributed by atoms with Crippen molar-refractivity contribution in [3.8, 4) is 0 Å². The number of hydrogen-bond donors (Lipinski definition) is 0. The van der Waals surface area contributed by atoms with Crippen LogP contribution in [0.15, 0.2) is 0 Å². The molecule has 3 rings (SSSR count). The molecule has 0 unspecified atom stereocenters. The molecule has 2 nitrogen and oxygen atoms in total. The zero-order valence-corrected chi connectivity index (χ0v) is 9.97. The van der Waals surface area contributed by atoms with Gasteiger partial charge in [0.05, 0.1) is 0 Å². The first kappa shape index (κ1) is 10.0. The van der Waals surface area contributed by atoms with Gasteiger partial charge in [-0.1, -0.05) is 6.42 Å². The van der Waals surface area contributed by atoms with Gasteiger partial charge in [0.1, 0.15) is 0 Å². The Morgan fingerprint density at radius 3 is 2.53 bits per heavy atom. The quantitative estimate of drug-likeness (QED) is 0.680. The van der Waals surface area contributed by atoms with Crippen LogP contribution in [0.3, 0.4) is 0 Å². The molecule has 3 atom stereocenters. The van der Waals surface area contributed by atoms with Gasteiger partial charge >= 0.3 is 0 Å². The minimum absolute atomic E-state index is 0.409. The Morgan fingerprint density at radius 2 is 1.93 bits per heavy atom. The van der Waals surface area contributed by atoms with Crippen LogP contribution in [0.5, 0.6) is 0 Å². The molecular weight excluding hydrogens is 206 g/mol. The molecule has 3 aliphatic rings. The molecule has 2 aliphatic carbocycles. The van der Waals surface area contributed by atoms with Crippen molar-refractivity contribution >= 4 is 17.7 Å². The Hall–Kier alpha value is -0.180. The lowest BCUT2D eigenvalue weighted by atomic mass is 9.88. The van der Waals surface area contributed by atoms with Gasteiger partial charge < -0.3 is 4.90 Å². The summed E-state index contributed by atoms with van der Waals surface area (Å²) in [6, 6.07) is 0. The molecule has 84 valence electrons. The standard InChI is InChI=1S/C12H19NOS/c14-12(13-3-5-15-6-4-13)11-8-9-1-2-10(11)7-9/h9-11H,1-8H2/t9-,10-,11+/m0/s1. The SMILES string of the molecule is O=C([C@@H]1C[C@H]2CC[C@H]1C2)N1CCSCC1. The lowest BCUT2D eigenvalue weighted by Crippen LogP contribution is -2.42. The molecule has 0 aromatic heterocycles. The predicted molar refractivity (Wildman–Crippen MR) is 62.8 cm³/mol. The van der Waals surface area contributed by atoms with E-state index in [-0.39, 0.29) is 0 Å². The van der Waals surface area contributed by atoms with Crippen molar-refractivity contribution in [2.45, 2.75) is 25.7 Å². The third-order valence-corrected chi connectivity index (χ3v) is 5.32. The largest absolute Gasteiger partial charge is 0.341 e. The molecule has 1 saturated heterocycles. The topological polar surface area (TPSA) is 20.3 Å². The predicted octanol–water partition coefficient (Wildman–Crippen LogP) is 2.00. The second-order valence-electron chi connectivity index (χ2n) is 5.22. The van der Waals surface area contributed by atoms with Gasteiger partial charge in [-0.2, -0.15) is 11.8 Å². The van der Waals surface area contributed by atoms with Crippen LogP contribution in [0.4, 0.5) is 0 Å². The highest BCUT2D eigenvalue weighted by Crippen LogP contribution is 2.48. The average molecular weight is 225 g/mol. The molecule has 15 heavy (non-hydrogen) atoms. The van der Waals surface area contributed by atoms with E-state index in [1.807, 2.05) is 11.8 Å². The number of nitrogens with zero attached hydrogens (tertiary/aromatic N) is 1. The summed E-state index contributed by atoms with van der Waals surface area (Å²) in [4.78, 5) is 14.4. The number of fused-ring (bicyclic) bond motifs is 2. The number of thioether (sulfide) groups is 1. The lowest BCUT2D eigenvalue weighted by Gasteiger charge is -2.31. The second kappa shape index (κ2) is 4.00. The number of carbonyl (C=O) groups excluding carboxylic acids is 1. The monoisotopic (exact) mass is 225 g/mol. The Kier molecular flexibility index (Phi) is 2.67. The highest BCUT2D eigenvalue weighted by Gasteiger charge is 2.44. The van der Waals surface area contributed by atoms with Crippen LogP contribution in [0.1, 0.15) is 25.7 Å². The summed E-state index contributed by atoms with van der Waals surface area (Å²) in [5, 5.41) is 0. The van der Waals surface area contributed by atoms with Crippen molar-refractivity contribution < 1.29 is 4.79 Å². The van der Waals surface area contributed by atoms with E-state index in [1.54, 1.807) is 0 Å². The summed E-state index contributed by atoms with van der Waals surface area (Å²) < 4.78 is 0. The molecule has 0 aromatic carbocycles. The average Bonchev–Trinajstić information content (AvgIpc) is 2.91. The highest BCUT2D eigenvalue weighted by molar-refractivity contribution is 7.99. The Morgan fingerprint density at radius 1 is 1.13 bits per heavy atom. The van der Waals surface area contributed by atoms with E-state index < -0.39 is 0 Å². The minimum Gasteiger partial charge on any atom is -0.341 e. The van der Waals surface area contributed by atoms with E-state index in [1.165, 1.54) is 25.7 Å². The molecule has 3 heteroatoms. The van der Waals surface area contributed by atoms with Crippen molar-refractivity contribution in [1.29, 1.82) is 0 Å². The van der Waals surface area contributed by atoms with Crippen LogP contribution < -0.4 is 0 Å². The van der Waals surface area contributed by atoms with Gasteiger partial charge in [0, 0.05) is 30.5 Å². The molecule has 1 aliphatic heterocycles. The summed E-state index contributed by atoms with van der Waals surface area (Å²) >= 11 is 1.98. The summed E-state index contributed by atoms with van der Waals surface area (Å²) in [6.45, 7) is 1.99. The maximum absolute atomic E-state index is 12.3. The summed E-state index contributed by atoms with van der Waals surface area (Å²) in [6.07, 6.45) is 5.26. The zero-order chi connectivity index (χ0) is 10.3. The van der Waals surface area contributed by atoms with E-state index in [9.17, 15) is 4.79 Å². The Balaban J connectivity index is 1.64. The first-order chi connectivity index (χ1) is 7.34. The number of hydrogen-bond acceptors (Lipinski definition) is 2. The molecule has 1 heterocycles. The van der Waals surface area contributed by atoms with Gasteiger partial charge in [-0.05, 0) is 31.1 Å². The highest BCUT2D eigenvalue weighted by atomic mass is 32.2. The van der Waals surface area contributed by atoms with Gasteiger partial charge in [-0.3, -0.25) is 4.79 Å². The number of amides is 1. The molecule has 1 amide bonds. The molecule has 3 fully saturated rings. The smallest absolute Gasteiger partial charge is 0.226 e. The van der Waals surface area contributed by atoms with Gasteiger partial charge in [-0.25, -0.2) is 0 Å². The zero-order valence-electron chi connectivity index (χ0n) is 9.15. The first-order valence-corrected chi connectivity index (χ1v) is 7.36. The maximum atomic E-state index is 12.3. The maximum Gasteiger partial charge on any atom is 0.226 e. The summed E-state index contributed by atoms with van der Waals surface area (Å²) in [5.74, 6) is 4.83. The van der Waals surface area contributed by atoms with E-state index >= 15 is 0 Å². The third kappa shape index (κ3) is 1.79. The Labute approximate surface area is 95.8 Å². The van der Waals surface area contributed by atoms with Gasteiger partial charge in [0.25, 0.3) is 0 Å². The van der Waals surface area contributed by atoms with Crippen molar-refractivity contribution in [2.24, 2.45) is 17.8 Å². The molecule has 0 aromatic rings. The summed E-state index contributed by atoms with van der Waals surface area (Å²) in [5.41, 5.74) is 0. The van der Waals surface area contributed by atoms with E-state index in [0.29, 0.717) is 11.8 Å². The van der Waals surface area contributed by atoms with E-state index in [4.69, 9.17) is 0 Å². The van der Waals surface area contributed by atoms with Gasteiger partial charge in [0.15, 0.2) is 0 Å². The molecule has 0 radical (unpaired) electrons. The van der Waals surface area contributed by atoms with Crippen LogP contribution in [-0.4, -0.2) is 35.4 Å². The van der Waals surface area contributed by atoms with Crippen LogP contribution >= 0.6 is 11.8 Å². The molecule has 2 saturated carbocycles. The fraction of sp³-hybridized carbons (Fsp3) is 0.917. The van der Waals surface area contributed by atoms with Crippen LogP contribution in [-0.2, 0) is 4.79 Å². The van der Waals surface area contributed by atoms with Crippen molar-refractivity contribution in [3.05, 3.63) is 0 Å². The van der Waals surface area contributed by atoms with Crippen LogP contribution in [0.2, 0.25) is 0 Å². The van der Waals surface area contributed by atoms with Crippen molar-refractivity contribution in [1.82, 2.24) is 4.90 Å². The molecule has 0 spiro atoms. The van der Waals surface area contributed by atoms with Gasteiger partial charge in [0.2, 0.25) is 5.91 Å². The molecule has 0 N–H and O–H groups in total. The van der Waals surface area contributed by atoms with E-state index in [0.717, 1.165) is 36.4 Å². The number of carbonyl (C=O) groups is 1. The van der Waals surface area contributed by atoms with E-state index in [2.05, 4.69) is 4.90 Å². The fourth-order valence-corrected chi connectivity index (χ4v) is 4.47. The molecule has 2 bridgehead atoms. The molecular formula is C12H19NOS. The normalized spacial score (nSPS) is 39.7. The summed E-state index contributed by atoms with van der Waals surface area (Å²) in [7, 11) is 0. The number of rotatable bonds is 1. The van der Waals surface area contributed by atoms with Crippen LogP contribution in [0.25, 0.3) is 0 Å². The van der Waals surface area contributed by atoms with Crippen LogP contribution in [0, 0.1) is 17.8 Å². The minimum atomic E-state index is 0.409.